The molecule has 1 amide bonds. The van der Waals surface area contributed by atoms with E-state index in [1.54, 1.807) is 24.3 Å². The van der Waals surface area contributed by atoms with Gasteiger partial charge in [-0.25, -0.2) is 0 Å². The molecule has 6 nitrogen and oxygen atoms in total. The first-order valence-electron chi connectivity index (χ1n) is 11.4. The van der Waals surface area contributed by atoms with Crippen molar-refractivity contribution in [2.45, 2.75) is 25.4 Å². The number of carbonyl (C=O) groups is 1. The van der Waals surface area contributed by atoms with Crippen LogP contribution in [0, 0.1) is 5.92 Å². The SMILES string of the molecule is O=C(NCc1ccccc1Cl)c1ccc(NC(=S)N2CC3CC(C2)c2cccc(=O)n2C3)cc1. The van der Waals surface area contributed by atoms with Crippen molar-refractivity contribution in [2.24, 2.45) is 5.92 Å². The molecule has 0 spiro atoms. The number of nitrogens with zero attached hydrogens (tertiary/aromatic N) is 2. The standard InChI is InChI=1S/C26H25ClN4O2S/c27-22-5-2-1-4-19(22)13-28-25(33)18-8-10-21(11-9-18)29-26(34)30-14-17-12-20(16-30)23-6-3-7-24(32)31(23)15-17/h1-11,17,20H,12-16H2,(H,28,33)(H,29,34). The van der Waals surface area contributed by atoms with Crippen LogP contribution in [0.3, 0.4) is 0 Å². The Labute approximate surface area is 208 Å². The molecule has 2 unspecified atom stereocenters. The van der Waals surface area contributed by atoms with Gasteiger partial charge >= 0.3 is 0 Å². The molecular weight excluding hydrogens is 468 g/mol. The summed E-state index contributed by atoms with van der Waals surface area (Å²) in [7, 11) is 0. The van der Waals surface area contributed by atoms with Crippen molar-refractivity contribution < 1.29 is 4.79 Å². The summed E-state index contributed by atoms with van der Waals surface area (Å²) < 4.78 is 1.92. The number of piperidine rings is 1. The van der Waals surface area contributed by atoms with Gasteiger partial charge in [-0.3, -0.25) is 9.59 Å². The second kappa shape index (κ2) is 9.60. The van der Waals surface area contributed by atoms with Crippen molar-refractivity contribution in [2.75, 3.05) is 18.4 Å². The van der Waals surface area contributed by atoms with Crippen LogP contribution in [0.2, 0.25) is 5.02 Å². The Morgan fingerprint density at radius 1 is 1.00 bits per heavy atom. The normalized spacial score (nSPS) is 18.7. The molecule has 1 aromatic heterocycles. The fraction of sp³-hybridized carbons (Fsp3) is 0.269. The van der Waals surface area contributed by atoms with E-state index in [9.17, 15) is 9.59 Å². The number of likely N-dealkylation sites (tertiary alicyclic amines) is 1. The lowest BCUT2D eigenvalue weighted by molar-refractivity contribution is 0.0951. The molecule has 1 fully saturated rings. The summed E-state index contributed by atoms with van der Waals surface area (Å²) in [5.74, 6) is 0.535. The van der Waals surface area contributed by atoms with Gasteiger partial charge in [-0.2, -0.15) is 0 Å². The molecule has 8 heteroatoms. The van der Waals surface area contributed by atoms with Gasteiger partial charge in [0, 0.05) is 60.1 Å². The van der Waals surface area contributed by atoms with Gasteiger partial charge in [0.2, 0.25) is 0 Å². The molecule has 3 aromatic rings. The van der Waals surface area contributed by atoms with Crippen LogP contribution in [-0.2, 0) is 13.1 Å². The number of rotatable bonds is 4. The third-order valence-corrected chi connectivity index (χ3v) is 7.29. The maximum Gasteiger partial charge on any atom is 0.251 e. The molecule has 34 heavy (non-hydrogen) atoms. The number of benzene rings is 2. The second-order valence-electron chi connectivity index (χ2n) is 8.88. The number of anilines is 1. The average molecular weight is 493 g/mol. The summed E-state index contributed by atoms with van der Waals surface area (Å²) in [6.45, 7) is 2.72. The summed E-state index contributed by atoms with van der Waals surface area (Å²) >= 11 is 11.9. The Bertz CT molecular complexity index is 1290. The summed E-state index contributed by atoms with van der Waals surface area (Å²) in [5.41, 5.74) is 3.46. The third-order valence-electron chi connectivity index (χ3n) is 6.56. The van der Waals surface area contributed by atoms with Crippen LogP contribution >= 0.6 is 23.8 Å². The molecular formula is C26H25ClN4O2S. The molecule has 1 saturated heterocycles. The van der Waals surface area contributed by atoms with E-state index in [4.69, 9.17) is 23.8 Å². The molecule has 3 heterocycles. The molecule has 2 aliphatic rings. The second-order valence-corrected chi connectivity index (χ2v) is 9.68. The van der Waals surface area contributed by atoms with Gasteiger partial charge in [0.05, 0.1) is 0 Å². The van der Waals surface area contributed by atoms with Crippen LogP contribution in [0.15, 0.2) is 71.5 Å². The van der Waals surface area contributed by atoms with E-state index in [1.165, 1.54) is 0 Å². The first kappa shape index (κ1) is 22.6. The van der Waals surface area contributed by atoms with E-state index in [1.807, 2.05) is 41.0 Å². The lowest BCUT2D eigenvalue weighted by atomic mass is 9.83. The van der Waals surface area contributed by atoms with E-state index in [2.05, 4.69) is 21.6 Å². The zero-order valence-electron chi connectivity index (χ0n) is 18.5. The van der Waals surface area contributed by atoms with Gasteiger partial charge in [0.1, 0.15) is 0 Å². The fourth-order valence-electron chi connectivity index (χ4n) is 4.89. The highest BCUT2D eigenvalue weighted by molar-refractivity contribution is 7.80. The van der Waals surface area contributed by atoms with E-state index < -0.39 is 0 Å². The number of thiocarbonyl (C=S) groups is 1. The van der Waals surface area contributed by atoms with Crippen molar-refractivity contribution >= 4 is 40.5 Å². The predicted octanol–water partition coefficient (Wildman–Crippen LogP) is 4.25. The fourth-order valence-corrected chi connectivity index (χ4v) is 5.36. The first-order valence-corrected chi connectivity index (χ1v) is 12.1. The smallest absolute Gasteiger partial charge is 0.251 e. The molecule has 5 rings (SSSR count). The number of carbonyl (C=O) groups excluding carboxylic acids is 1. The molecule has 174 valence electrons. The van der Waals surface area contributed by atoms with Crippen LogP contribution in [-0.4, -0.2) is 33.6 Å². The van der Waals surface area contributed by atoms with E-state index in [0.717, 1.165) is 43.0 Å². The maximum absolute atomic E-state index is 12.5. The number of hydrogen-bond donors (Lipinski definition) is 2. The maximum atomic E-state index is 12.5. The number of nitrogens with one attached hydrogen (secondary N) is 2. The van der Waals surface area contributed by atoms with E-state index in [0.29, 0.717) is 34.1 Å². The highest BCUT2D eigenvalue weighted by Gasteiger charge is 2.35. The Hall–Kier alpha value is -3.16. The number of amides is 1. The lowest BCUT2D eigenvalue weighted by Crippen LogP contribution is -2.50. The van der Waals surface area contributed by atoms with Crippen molar-refractivity contribution in [1.29, 1.82) is 0 Å². The third kappa shape index (κ3) is 4.72. The Morgan fingerprint density at radius 3 is 2.59 bits per heavy atom. The van der Waals surface area contributed by atoms with E-state index >= 15 is 0 Å². The van der Waals surface area contributed by atoms with Crippen molar-refractivity contribution in [3.63, 3.8) is 0 Å². The van der Waals surface area contributed by atoms with Gasteiger partial charge in [-0.1, -0.05) is 35.9 Å². The Morgan fingerprint density at radius 2 is 1.79 bits per heavy atom. The molecule has 2 bridgehead atoms. The molecule has 0 aliphatic carbocycles. The lowest BCUT2D eigenvalue weighted by Gasteiger charge is -2.43. The zero-order chi connectivity index (χ0) is 23.7. The molecule has 2 aromatic carbocycles. The van der Waals surface area contributed by atoms with Crippen molar-refractivity contribution in [1.82, 2.24) is 14.8 Å². The molecule has 0 saturated carbocycles. The zero-order valence-corrected chi connectivity index (χ0v) is 20.1. The summed E-state index contributed by atoms with van der Waals surface area (Å²) in [6.07, 6.45) is 1.08. The number of hydrogen-bond acceptors (Lipinski definition) is 3. The quantitative estimate of drug-likeness (QED) is 0.533. The van der Waals surface area contributed by atoms with Crippen molar-refractivity contribution in [3.05, 3.63) is 98.9 Å². The minimum atomic E-state index is -0.160. The molecule has 2 aliphatic heterocycles. The Kier molecular flexibility index (Phi) is 6.39. The van der Waals surface area contributed by atoms with Gasteiger partial charge in [0.15, 0.2) is 5.11 Å². The number of aromatic nitrogens is 1. The van der Waals surface area contributed by atoms with Crippen LogP contribution < -0.4 is 16.2 Å². The molecule has 2 N–H and O–H groups in total. The van der Waals surface area contributed by atoms with Gasteiger partial charge in [0.25, 0.3) is 11.5 Å². The summed E-state index contributed by atoms with van der Waals surface area (Å²) in [5, 5.41) is 7.50. The molecule has 2 atom stereocenters. The van der Waals surface area contributed by atoms with Gasteiger partial charge in [-0.15, -0.1) is 0 Å². The van der Waals surface area contributed by atoms with Crippen LogP contribution in [0.5, 0.6) is 0 Å². The minimum absolute atomic E-state index is 0.0809. The predicted molar refractivity (Wildman–Crippen MR) is 138 cm³/mol. The minimum Gasteiger partial charge on any atom is -0.348 e. The summed E-state index contributed by atoms with van der Waals surface area (Å²) in [4.78, 5) is 26.9. The first-order chi connectivity index (χ1) is 16.5. The highest BCUT2D eigenvalue weighted by Crippen LogP contribution is 2.35. The topological polar surface area (TPSA) is 66.4 Å². The van der Waals surface area contributed by atoms with Crippen LogP contribution in [0.4, 0.5) is 5.69 Å². The monoisotopic (exact) mass is 492 g/mol. The number of fused-ring (bicyclic) bond motifs is 4. The van der Waals surface area contributed by atoms with Crippen LogP contribution in [0.25, 0.3) is 0 Å². The Balaban J connectivity index is 1.19. The average Bonchev–Trinajstić information content (AvgIpc) is 2.84. The van der Waals surface area contributed by atoms with Crippen LogP contribution in [0.1, 0.15) is 34.0 Å². The largest absolute Gasteiger partial charge is 0.348 e. The number of pyridine rings is 1. The summed E-state index contributed by atoms with van der Waals surface area (Å²) in [6, 6.07) is 20.3. The van der Waals surface area contributed by atoms with Crippen molar-refractivity contribution in [3.8, 4) is 0 Å². The van der Waals surface area contributed by atoms with E-state index in [-0.39, 0.29) is 11.5 Å². The molecule has 0 radical (unpaired) electrons. The highest BCUT2D eigenvalue weighted by atomic mass is 35.5. The van der Waals surface area contributed by atoms with Gasteiger partial charge in [-0.05, 0) is 66.5 Å². The van der Waals surface area contributed by atoms with Gasteiger partial charge < -0.3 is 20.1 Å². The number of halogens is 1.